The molecule has 0 bridgehead atoms. The normalized spacial score (nSPS) is 20.9. The fourth-order valence-corrected chi connectivity index (χ4v) is 5.29. The Kier molecular flexibility index (Phi) is 8.36. The van der Waals surface area contributed by atoms with Gasteiger partial charge >= 0.3 is 0 Å². The van der Waals surface area contributed by atoms with Crippen LogP contribution in [-0.2, 0) is 4.74 Å². The molecule has 28 heavy (non-hydrogen) atoms. The number of hydrogen-bond acceptors (Lipinski definition) is 2. The van der Waals surface area contributed by atoms with Gasteiger partial charge in [0.1, 0.15) is 38.8 Å². The maximum atomic E-state index is 6.35. The number of rotatable bonds is 7. The van der Waals surface area contributed by atoms with Crippen LogP contribution in [-0.4, -0.2) is 46.4 Å². The highest BCUT2D eigenvalue weighted by Gasteiger charge is 2.29. The number of piperazine rings is 1. The Balaban J connectivity index is 1.74. The summed E-state index contributed by atoms with van der Waals surface area (Å²) in [4.78, 5) is 5.54. The Morgan fingerprint density at radius 1 is 1.00 bits per heavy atom. The molecular formula is C21H27Cl3N2OS+2. The van der Waals surface area contributed by atoms with Crippen molar-refractivity contribution in [3.63, 3.8) is 0 Å². The van der Waals surface area contributed by atoms with Crippen LogP contribution in [0.1, 0.15) is 18.5 Å². The van der Waals surface area contributed by atoms with Crippen LogP contribution in [0.4, 0.5) is 0 Å². The van der Waals surface area contributed by atoms with Crippen LogP contribution in [0.3, 0.4) is 0 Å². The quantitative estimate of drug-likeness (QED) is 0.659. The zero-order valence-electron chi connectivity index (χ0n) is 16.2. The summed E-state index contributed by atoms with van der Waals surface area (Å²) in [6, 6.07) is 12.3. The Morgan fingerprint density at radius 2 is 1.75 bits per heavy atom. The fourth-order valence-electron chi connectivity index (χ4n) is 3.69. The van der Waals surface area contributed by atoms with E-state index in [-0.39, 0.29) is 0 Å². The second kappa shape index (κ2) is 10.5. The Labute approximate surface area is 186 Å². The largest absolute Gasteiger partial charge is 0.379 e. The van der Waals surface area contributed by atoms with Gasteiger partial charge in [-0.25, -0.2) is 0 Å². The number of quaternary nitrogens is 2. The number of ether oxygens (including phenoxy) is 1. The van der Waals surface area contributed by atoms with Gasteiger partial charge in [-0.1, -0.05) is 46.6 Å². The lowest BCUT2D eigenvalue weighted by Gasteiger charge is -2.34. The summed E-state index contributed by atoms with van der Waals surface area (Å²) in [7, 11) is 1.77. The van der Waals surface area contributed by atoms with E-state index in [0.29, 0.717) is 16.1 Å². The molecule has 7 heteroatoms. The van der Waals surface area contributed by atoms with Crippen molar-refractivity contribution >= 4 is 46.6 Å². The van der Waals surface area contributed by atoms with Gasteiger partial charge in [0.05, 0.1) is 16.7 Å². The third-order valence-corrected chi connectivity index (χ3v) is 7.48. The van der Waals surface area contributed by atoms with E-state index in [1.54, 1.807) is 28.7 Å². The topological polar surface area (TPSA) is 18.1 Å². The van der Waals surface area contributed by atoms with Crippen LogP contribution >= 0.6 is 46.6 Å². The Hall–Kier alpha value is -0.460. The van der Waals surface area contributed by atoms with E-state index in [2.05, 4.69) is 19.1 Å². The molecule has 1 saturated heterocycles. The van der Waals surface area contributed by atoms with E-state index >= 15 is 0 Å². The molecular weight excluding hydrogens is 435 g/mol. The molecule has 3 rings (SSSR count). The van der Waals surface area contributed by atoms with Crippen molar-refractivity contribution in [2.24, 2.45) is 0 Å². The van der Waals surface area contributed by atoms with E-state index in [4.69, 9.17) is 39.5 Å². The predicted molar refractivity (Wildman–Crippen MR) is 119 cm³/mol. The van der Waals surface area contributed by atoms with Crippen LogP contribution in [0.5, 0.6) is 0 Å². The zero-order chi connectivity index (χ0) is 20.1. The van der Waals surface area contributed by atoms with Crippen LogP contribution < -0.4 is 9.80 Å². The molecule has 0 aliphatic carbocycles. The third kappa shape index (κ3) is 5.79. The molecule has 1 fully saturated rings. The van der Waals surface area contributed by atoms with Crippen molar-refractivity contribution in [3.05, 3.63) is 57.0 Å². The van der Waals surface area contributed by atoms with E-state index in [0.717, 1.165) is 36.2 Å². The summed E-state index contributed by atoms with van der Waals surface area (Å²) >= 11 is 20.3. The van der Waals surface area contributed by atoms with Gasteiger partial charge in [-0.15, -0.1) is 0 Å². The minimum Gasteiger partial charge on any atom is -0.379 e. The first kappa shape index (κ1) is 22.2. The number of methoxy groups -OCH3 is 1. The molecule has 0 unspecified atom stereocenters. The van der Waals surface area contributed by atoms with Crippen molar-refractivity contribution in [1.29, 1.82) is 0 Å². The second-order valence-electron chi connectivity index (χ2n) is 7.23. The summed E-state index contributed by atoms with van der Waals surface area (Å²) in [5.74, 6) is 0. The Bertz CT molecular complexity index is 797. The molecule has 0 spiro atoms. The predicted octanol–water partition coefficient (Wildman–Crippen LogP) is 3.29. The average Bonchev–Trinajstić information content (AvgIpc) is 2.70. The highest BCUT2D eigenvalue weighted by atomic mass is 35.5. The van der Waals surface area contributed by atoms with Crippen LogP contribution in [0.25, 0.3) is 0 Å². The number of halogens is 3. The summed E-state index contributed by atoms with van der Waals surface area (Å²) < 4.78 is 5.23. The van der Waals surface area contributed by atoms with Gasteiger partial charge in [-0.2, -0.15) is 0 Å². The van der Waals surface area contributed by atoms with E-state index < -0.39 is 0 Å². The van der Waals surface area contributed by atoms with Gasteiger partial charge in [-0.05, 0) is 43.3 Å². The summed E-state index contributed by atoms with van der Waals surface area (Å²) in [6.45, 7) is 8.90. The average molecular weight is 462 g/mol. The molecule has 152 valence electrons. The lowest BCUT2D eigenvalue weighted by atomic mass is 10.1. The lowest BCUT2D eigenvalue weighted by molar-refractivity contribution is -1.03. The van der Waals surface area contributed by atoms with Crippen LogP contribution in [0.2, 0.25) is 15.1 Å². The van der Waals surface area contributed by atoms with E-state index in [9.17, 15) is 0 Å². The Morgan fingerprint density at radius 3 is 2.43 bits per heavy atom. The highest BCUT2D eigenvalue weighted by Crippen LogP contribution is 2.36. The van der Waals surface area contributed by atoms with E-state index in [1.165, 1.54) is 23.5 Å². The molecule has 2 N–H and O–H groups in total. The SMILES string of the molecule is COCC[NH+]1CC[NH+]([C@@H](C)c2cc(Cl)ccc2Sc2ccc(Cl)c(Cl)c2)CC1. The van der Waals surface area contributed by atoms with Crippen molar-refractivity contribution in [2.45, 2.75) is 22.8 Å². The summed E-state index contributed by atoms with van der Waals surface area (Å²) in [5.41, 5.74) is 1.29. The number of hydrogen-bond donors (Lipinski definition) is 2. The molecule has 0 amide bonds. The molecule has 1 atom stereocenters. The molecule has 0 saturated carbocycles. The van der Waals surface area contributed by atoms with Crippen LogP contribution in [0, 0.1) is 0 Å². The van der Waals surface area contributed by atoms with Gasteiger partial charge < -0.3 is 14.5 Å². The molecule has 1 heterocycles. The van der Waals surface area contributed by atoms with Gasteiger partial charge in [0.25, 0.3) is 0 Å². The van der Waals surface area contributed by atoms with Crippen molar-refractivity contribution in [2.75, 3.05) is 46.4 Å². The highest BCUT2D eigenvalue weighted by molar-refractivity contribution is 7.99. The van der Waals surface area contributed by atoms with Crippen LogP contribution in [0.15, 0.2) is 46.2 Å². The molecule has 1 aliphatic heterocycles. The molecule has 0 radical (unpaired) electrons. The molecule has 2 aromatic carbocycles. The maximum Gasteiger partial charge on any atom is 0.127 e. The third-order valence-electron chi connectivity index (χ3n) is 5.43. The lowest BCUT2D eigenvalue weighted by Crippen LogP contribution is -3.28. The van der Waals surface area contributed by atoms with Gasteiger partial charge in [0.2, 0.25) is 0 Å². The van der Waals surface area contributed by atoms with E-state index in [1.807, 2.05) is 24.3 Å². The van der Waals surface area contributed by atoms with Gasteiger partial charge in [0, 0.05) is 27.5 Å². The monoisotopic (exact) mass is 460 g/mol. The molecule has 2 aromatic rings. The minimum atomic E-state index is 0.382. The number of nitrogens with one attached hydrogen (secondary N) is 2. The first-order valence-electron chi connectivity index (χ1n) is 9.57. The standard InChI is InChI=1S/C21H25Cl3N2OS/c1-15(26-9-7-25(8-10-26)11-12-27-2)18-13-16(22)3-6-21(18)28-17-4-5-19(23)20(24)14-17/h3-6,13-15H,7-12H2,1-2H3/p+2/t15-/m0/s1. The minimum absolute atomic E-state index is 0.382. The first-order valence-corrected chi connectivity index (χ1v) is 11.5. The second-order valence-corrected chi connectivity index (χ2v) is 9.60. The van der Waals surface area contributed by atoms with Gasteiger partial charge in [-0.3, -0.25) is 0 Å². The smallest absolute Gasteiger partial charge is 0.127 e. The van der Waals surface area contributed by atoms with Crippen molar-refractivity contribution in [3.8, 4) is 0 Å². The van der Waals surface area contributed by atoms with Crippen molar-refractivity contribution < 1.29 is 14.5 Å². The van der Waals surface area contributed by atoms with Crippen molar-refractivity contribution in [1.82, 2.24) is 0 Å². The summed E-state index contributed by atoms with van der Waals surface area (Å²) in [5, 5.41) is 1.94. The maximum absolute atomic E-state index is 6.35. The van der Waals surface area contributed by atoms with Gasteiger partial charge in [0.15, 0.2) is 0 Å². The summed E-state index contributed by atoms with van der Waals surface area (Å²) in [6.07, 6.45) is 0. The zero-order valence-corrected chi connectivity index (χ0v) is 19.3. The molecule has 3 nitrogen and oxygen atoms in total. The first-order chi connectivity index (χ1) is 13.5. The number of benzene rings is 2. The fraction of sp³-hybridized carbons (Fsp3) is 0.429. The molecule has 1 aliphatic rings. The molecule has 0 aromatic heterocycles.